The average Bonchev–Trinajstić information content (AvgIpc) is 3.08. The first-order chi connectivity index (χ1) is 10.8. The maximum absolute atomic E-state index is 12.6. The van der Waals surface area contributed by atoms with Crippen molar-refractivity contribution in [3.05, 3.63) is 35.9 Å². The molecule has 2 fully saturated rings. The quantitative estimate of drug-likeness (QED) is 0.802. The minimum atomic E-state index is -0.470. The van der Waals surface area contributed by atoms with Crippen molar-refractivity contribution in [3.63, 3.8) is 0 Å². The van der Waals surface area contributed by atoms with Gasteiger partial charge in [-0.05, 0) is 31.4 Å². The van der Waals surface area contributed by atoms with Gasteiger partial charge in [-0.1, -0.05) is 18.2 Å². The molecule has 0 radical (unpaired) electrons. The van der Waals surface area contributed by atoms with Crippen LogP contribution in [0.1, 0.15) is 36.0 Å². The molecule has 22 heavy (non-hydrogen) atoms. The molecule has 0 N–H and O–H groups in total. The summed E-state index contributed by atoms with van der Waals surface area (Å²) in [4.78, 5) is 26.7. The molecule has 0 aromatic heterocycles. The molecule has 1 aromatic carbocycles. The predicted molar refractivity (Wildman–Crippen MR) is 80.4 cm³/mol. The third-order valence-electron chi connectivity index (χ3n) is 4.23. The largest absolute Gasteiger partial charge is 0.458 e. The van der Waals surface area contributed by atoms with Crippen LogP contribution in [0, 0.1) is 0 Å². The smallest absolute Gasteiger partial charge is 0.329 e. The lowest BCUT2D eigenvalue weighted by atomic mass is 10.0. The second kappa shape index (κ2) is 6.92. The van der Waals surface area contributed by atoms with E-state index in [1.165, 1.54) is 0 Å². The predicted octanol–water partition coefficient (Wildman–Crippen LogP) is 2.01. The molecule has 2 heterocycles. The van der Waals surface area contributed by atoms with Gasteiger partial charge in [0.1, 0.15) is 12.1 Å². The average molecular weight is 303 g/mol. The summed E-state index contributed by atoms with van der Waals surface area (Å²) in [5.41, 5.74) is 0.617. The van der Waals surface area contributed by atoms with Crippen molar-refractivity contribution in [2.75, 3.05) is 19.8 Å². The lowest BCUT2D eigenvalue weighted by Gasteiger charge is -2.34. The molecule has 1 aromatic rings. The van der Waals surface area contributed by atoms with Crippen LogP contribution >= 0.6 is 0 Å². The summed E-state index contributed by atoms with van der Waals surface area (Å²) in [5.74, 6) is -0.385. The monoisotopic (exact) mass is 303 g/mol. The van der Waals surface area contributed by atoms with Gasteiger partial charge in [0, 0.05) is 18.5 Å². The first-order valence-corrected chi connectivity index (χ1v) is 7.90. The number of amides is 1. The van der Waals surface area contributed by atoms with Crippen LogP contribution in [0.4, 0.5) is 0 Å². The molecular weight excluding hydrogens is 282 g/mol. The number of hydrogen-bond donors (Lipinski definition) is 0. The molecule has 118 valence electrons. The van der Waals surface area contributed by atoms with Crippen molar-refractivity contribution >= 4 is 11.9 Å². The molecule has 2 saturated heterocycles. The highest BCUT2D eigenvalue weighted by Crippen LogP contribution is 2.22. The Kier molecular flexibility index (Phi) is 4.73. The number of carbonyl (C=O) groups excluding carboxylic acids is 2. The number of piperidine rings is 1. The van der Waals surface area contributed by atoms with Gasteiger partial charge in [-0.2, -0.15) is 0 Å². The van der Waals surface area contributed by atoms with Crippen LogP contribution < -0.4 is 0 Å². The van der Waals surface area contributed by atoms with E-state index < -0.39 is 6.04 Å². The van der Waals surface area contributed by atoms with Gasteiger partial charge in [-0.15, -0.1) is 0 Å². The minimum Gasteiger partial charge on any atom is -0.458 e. The number of hydrogen-bond acceptors (Lipinski definition) is 4. The molecule has 0 spiro atoms. The number of ether oxygens (including phenoxy) is 2. The fourth-order valence-electron chi connectivity index (χ4n) is 3.01. The van der Waals surface area contributed by atoms with E-state index >= 15 is 0 Å². The van der Waals surface area contributed by atoms with Gasteiger partial charge >= 0.3 is 5.97 Å². The highest BCUT2D eigenvalue weighted by molar-refractivity contribution is 5.96. The van der Waals surface area contributed by atoms with E-state index in [1.807, 2.05) is 18.2 Å². The number of carbonyl (C=O) groups is 2. The summed E-state index contributed by atoms with van der Waals surface area (Å²) in [6.45, 7) is 1.70. The van der Waals surface area contributed by atoms with E-state index in [9.17, 15) is 9.59 Å². The number of nitrogens with zero attached hydrogens (tertiary/aromatic N) is 1. The Morgan fingerprint density at radius 3 is 2.68 bits per heavy atom. The summed E-state index contributed by atoms with van der Waals surface area (Å²) < 4.78 is 10.7. The van der Waals surface area contributed by atoms with E-state index in [1.54, 1.807) is 17.0 Å². The molecule has 3 rings (SSSR count). The zero-order chi connectivity index (χ0) is 15.4. The van der Waals surface area contributed by atoms with Crippen LogP contribution in [0.25, 0.3) is 0 Å². The van der Waals surface area contributed by atoms with E-state index in [-0.39, 0.29) is 18.0 Å². The molecule has 0 saturated carbocycles. The van der Waals surface area contributed by atoms with Gasteiger partial charge in [0.05, 0.1) is 13.2 Å². The topological polar surface area (TPSA) is 55.8 Å². The first-order valence-electron chi connectivity index (χ1n) is 7.90. The lowest BCUT2D eigenvalue weighted by molar-refractivity contribution is -0.155. The molecule has 0 bridgehead atoms. The number of rotatable bonds is 3. The summed E-state index contributed by atoms with van der Waals surface area (Å²) in [5, 5.41) is 0. The van der Waals surface area contributed by atoms with Crippen LogP contribution in [0.5, 0.6) is 0 Å². The molecule has 5 nitrogen and oxygen atoms in total. The highest BCUT2D eigenvalue weighted by atomic mass is 16.6. The van der Waals surface area contributed by atoms with E-state index in [4.69, 9.17) is 9.47 Å². The van der Waals surface area contributed by atoms with E-state index in [2.05, 4.69) is 0 Å². The fourth-order valence-corrected chi connectivity index (χ4v) is 3.01. The Morgan fingerprint density at radius 2 is 1.95 bits per heavy atom. The third kappa shape index (κ3) is 3.30. The maximum atomic E-state index is 12.6. The van der Waals surface area contributed by atoms with Crippen LogP contribution in [0.3, 0.4) is 0 Å². The molecule has 2 atom stereocenters. The Balaban J connectivity index is 1.70. The molecule has 2 aliphatic heterocycles. The summed E-state index contributed by atoms with van der Waals surface area (Å²) in [7, 11) is 0. The normalized spacial score (nSPS) is 25.0. The van der Waals surface area contributed by atoms with Crippen molar-refractivity contribution in [1.29, 1.82) is 0 Å². The summed E-state index contributed by atoms with van der Waals surface area (Å²) in [6, 6.07) is 8.63. The van der Waals surface area contributed by atoms with Gasteiger partial charge < -0.3 is 14.4 Å². The first kappa shape index (κ1) is 15.0. The van der Waals surface area contributed by atoms with Gasteiger partial charge in [-0.25, -0.2) is 4.79 Å². The van der Waals surface area contributed by atoms with Crippen molar-refractivity contribution in [2.45, 2.75) is 37.8 Å². The SMILES string of the molecule is O=C(O[C@@H]1CCOC1)[C@H]1CCCCN1C(=O)c1ccccc1. The molecular formula is C17H21NO4. The van der Waals surface area contributed by atoms with Crippen molar-refractivity contribution in [3.8, 4) is 0 Å². The van der Waals surface area contributed by atoms with Gasteiger partial charge in [0.2, 0.25) is 0 Å². The molecule has 1 amide bonds. The van der Waals surface area contributed by atoms with Gasteiger partial charge in [0.25, 0.3) is 5.91 Å². The second-order valence-corrected chi connectivity index (χ2v) is 5.80. The van der Waals surface area contributed by atoms with Crippen LogP contribution in [0.2, 0.25) is 0 Å². The van der Waals surface area contributed by atoms with Gasteiger partial charge in [-0.3, -0.25) is 4.79 Å². The Hall–Kier alpha value is -1.88. The fraction of sp³-hybridized carbons (Fsp3) is 0.529. The number of esters is 1. The number of likely N-dealkylation sites (tertiary alicyclic amines) is 1. The van der Waals surface area contributed by atoms with Crippen LogP contribution in [0.15, 0.2) is 30.3 Å². The summed E-state index contributed by atoms with van der Waals surface area (Å²) in [6.07, 6.45) is 3.12. The standard InChI is InChI=1S/C17H21NO4/c19-16(13-6-2-1-3-7-13)18-10-5-4-8-15(18)17(20)22-14-9-11-21-12-14/h1-3,6-7,14-15H,4-5,8-12H2/t14-,15-/m1/s1. The zero-order valence-electron chi connectivity index (χ0n) is 12.6. The summed E-state index contributed by atoms with van der Waals surface area (Å²) >= 11 is 0. The Labute approximate surface area is 130 Å². The van der Waals surface area contributed by atoms with Crippen molar-refractivity contribution < 1.29 is 19.1 Å². The van der Waals surface area contributed by atoms with Crippen LogP contribution in [-0.4, -0.2) is 48.7 Å². The van der Waals surface area contributed by atoms with Crippen LogP contribution in [-0.2, 0) is 14.3 Å². The highest BCUT2D eigenvalue weighted by Gasteiger charge is 2.35. The maximum Gasteiger partial charge on any atom is 0.329 e. The third-order valence-corrected chi connectivity index (χ3v) is 4.23. The van der Waals surface area contributed by atoms with Gasteiger partial charge in [0.15, 0.2) is 0 Å². The molecule has 5 heteroatoms. The zero-order valence-corrected chi connectivity index (χ0v) is 12.6. The minimum absolute atomic E-state index is 0.0927. The molecule has 2 aliphatic rings. The lowest BCUT2D eigenvalue weighted by Crippen LogP contribution is -2.49. The van der Waals surface area contributed by atoms with Crippen molar-refractivity contribution in [1.82, 2.24) is 4.90 Å². The molecule has 0 unspecified atom stereocenters. The Morgan fingerprint density at radius 1 is 1.14 bits per heavy atom. The van der Waals surface area contributed by atoms with E-state index in [0.717, 1.165) is 19.3 Å². The van der Waals surface area contributed by atoms with Crippen molar-refractivity contribution in [2.24, 2.45) is 0 Å². The van der Waals surface area contributed by atoms with E-state index in [0.29, 0.717) is 31.7 Å². The number of benzene rings is 1. The Bertz CT molecular complexity index is 525. The second-order valence-electron chi connectivity index (χ2n) is 5.80. The molecule has 0 aliphatic carbocycles.